The first-order chi connectivity index (χ1) is 22.7. The molecule has 0 atom stereocenters. The summed E-state index contributed by atoms with van der Waals surface area (Å²) < 4.78 is 18.4. The molecule has 250 valence electrons. The Balaban J connectivity index is 0.00000451. The average molecular weight is 671 g/mol. The van der Waals surface area contributed by atoms with E-state index in [1.165, 1.54) is 44.6 Å². The summed E-state index contributed by atoms with van der Waals surface area (Å²) in [6.45, 7) is 3.60. The van der Waals surface area contributed by atoms with Crippen LogP contribution in [0.1, 0.15) is 49.1 Å². The Morgan fingerprint density at radius 2 is 1.98 bits per heavy atom. The maximum atomic E-state index is 15.3. The number of nitrogens with zero attached hydrogens (tertiary/aromatic N) is 5. The topological polar surface area (TPSA) is 122 Å². The summed E-state index contributed by atoms with van der Waals surface area (Å²) in [5, 5.41) is 18.9. The van der Waals surface area contributed by atoms with Crippen LogP contribution in [0.25, 0.3) is 26.9 Å². The second-order valence-corrected chi connectivity index (χ2v) is 12.8. The number of benzene rings is 1. The van der Waals surface area contributed by atoms with E-state index in [9.17, 15) is 19.5 Å². The molecule has 0 radical (unpaired) electrons. The van der Waals surface area contributed by atoms with Gasteiger partial charge < -0.3 is 19.9 Å². The van der Waals surface area contributed by atoms with Gasteiger partial charge in [0.25, 0.3) is 11.1 Å². The van der Waals surface area contributed by atoms with Crippen molar-refractivity contribution >= 4 is 44.5 Å². The fourth-order valence-corrected chi connectivity index (χ4v) is 7.34. The van der Waals surface area contributed by atoms with Gasteiger partial charge in [-0.3, -0.25) is 14.4 Å². The lowest BCUT2D eigenvalue weighted by molar-refractivity contribution is -0.114. The Morgan fingerprint density at radius 1 is 1.19 bits per heavy atom. The molecule has 1 aliphatic carbocycles. The van der Waals surface area contributed by atoms with Crippen LogP contribution in [-0.2, 0) is 31.3 Å². The van der Waals surface area contributed by atoms with Crippen LogP contribution in [0.3, 0.4) is 0 Å². The number of aromatic nitrogens is 4. The first kappa shape index (κ1) is 34.4. The van der Waals surface area contributed by atoms with Gasteiger partial charge in [0.1, 0.15) is 27.8 Å². The molecule has 0 amide bonds. The Bertz CT molecular complexity index is 2140. The minimum Gasteiger partial charge on any atom is -0.392 e. The summed E-state index contributed by atoms with van der Waals surface area (Å²) in [5.74, 6) is 0.420. The number of carbonyl (C=O) groups is 1. The number of anilines is 3. The number of ketones is 1. The Labute approximate surface area is 281 Å². The van der Waals surface area contributed by atoms with E-state index in [1.807, 2.05) is 18.0 Å². The van der Waals surface area contributed by atoms with Gasteiger partial charge in [-0.1, -0.05) is 20.1 Å². The van der Waals surface area contributed by atoms with Crippen LogP contribution >= 0.6 is 11.3 Å². The van der Waals surface area contributed by atoms with Gasteiger partial charge in [-0.15, -0.1) is 11.3 Å². The summed E-state index contributed by atoms with van der Waals surface area (Å²) in [6, 6.07) is 9.40. The number of hydrogen-bond acceptors (Lipinski definition) is 9. The van der Waals surface area contributed by atoms with E-state index in [-0.39, 0.29) is 35.7 Å². The molecule has 10 nitrogen and oxygen atoms in total. The predicted molar refractivity (Wildman–Crippen MR) is 190 cm³/mol. The summed E-state index contributed by atoms with van der Waals surface area (Å²) >= 11 is 1.47. The third-order valence-electron chi connectivity index (χ3n) is 8.51. The number of halogens is 1. The molecule has 0 fully saturated rings. The van der Waals surface area contributed by atoms with Crippen molar-refractivity contribution in [2.75, 3.05) is 23.8 Å². The summed E-state index contributed by atoms with van der Waals surface area (Å²) in [6.07, 6.45) is 9.55. The number of allylic oxidation sites excluding steroid dienone is 1. The second-order valence-electron chi connectivity index (χ2n) is 11.7. The number of nitrogens with one attached hydrogen (secondary N) is 1. The fourth-order valence-electron chi connectivity index (χ4n) is 6.06. The van der Waals surface area contributed by atoms with Gasteiger partial charge in [-0.25, -0.2) is 9.37 Å². The van der Waals surface area contributed by atoms with Gasteiger partial charge >= 0.3 is 0 Å². The molecule has 0 bridgehead atoms. The first-order valence-electron chi connectivity index (χ1n) is 15.5. The number of aryl methyl sites for hydroxylation is 3. The minimum absolute atomic E-state index is 0. The third kappa shape index (κ3) is 6.71. The van der Waals surface area contributed by atoms with Crippen molar-refractivity contribution in [3.05, 3.63) is 104 Å². The number of rotatable bonds is 11. The molecule has 4 aromatic heterocycles. The van der Waals surface area contributed by atoms with E-state index in [1.54, 1.807) is 37.6 Å². The lowest BCUT2D eigenvalue weighted by Crippen LogP contribution is -2.23. The molecule has 1 aliphatic rings. The SMILES string of the molecule is C.C=CC(=O)CCCN(C)c1cccc(Nc2cc(-c3cc(F)cc(-n4ncc5c6c(sc5c4=O)CCCC6)c3CO)cn(C)c2=O)n1. The molecule has 0 saturated heterocycles. The maximum absolute atomic E-state index is 15.3. The van der Waals surface area contributed by atoms with Gasteiger partial charge in [0.15, 0.2) is 5.78 Å². The molecular formula is C36H39FN6O4S. The molecular weight excluding hydrogens is 631 g/mol. The molecule has 0 spiro atoms. The van der Waals surface area contributed by atoms with E-state index < -0.39 is 12.4 Å². The zero-order valence-electron chi connectivity index (χ0n) is 26.3. The van der Waals surface area contributed by atoms with Crippen molar-refractivity contribution in [1.82, 2.24) is 19.3 Å². The fraction of sp³-hybridized carbons (Fsp3) is 0.306. The van der Waals surface area contributed by atoms with Gasteiger partial charge in [0, 0.05) is 60.7 Å². The van der Waals surface area contributed by atoms with Crippen molar-refractivity contribution < 1.29 is 14.3 Å². The van der Waals surface area contributed by atoms with E-state index >= 15 is 4.39 Å². The zero-order valence-corrected chi connectivity index (χ0v) is 27.1. The molecule has 2 N–H and O–H groups in total. The molecule has 4 heterocycles. The van der Waals surface area contributed by atoms with E-state index in [0.717, 1.165) is 35.8 Å². The van der Waals surface area contributed by atoms with Crippen LogP contribution in [0.2, 0.25) is 0 Å². The number of hydrogen-bond donors (Lipinski definition) is 2. The first-order valence-corrected chi connectivity index (χ1v) is 16.3. The minimum atomic E-state index is -0.623. The van der Waals surface area contributed by atoms with Crippen molar-refractivity contribution in [3.8, 4) is 16.8 Å². The number of aliphatic hydroxyl groups excluding tert-OH is 1. The predicted octanol–water partition coefficient (Wildman–Crippen LogP) is 6.07. The van der Waals surface area contributed by atoms with Gasteiger partial charge in [0.05, 0.1) is 18.5 Å². The van der Waals surface area contributed by atoms with E-state index in [4.69, 9.17) is 0 Å². The maximum Gasteiger partial charge on any atom is 0.289 e. The highest BCUT2D eigenvalue weighted by Crippen LogP contribution is 2.35. The largest absolute Gasteiger partial charge is 0.392 e. The summed E-state index contributed by atoms with van der Waals surface area (Å²) in [4.78, 5) is 46.3. The molecule has 0 aliphatic heterocycles. The third-order valence-corrected chi connectivity index (χ3v) is 9.80. The van der Waals surface area contributed by atoms with Crippen molar-refractivity contribution in [2.45, 2.75) is 52.6 Å². The molecule has 0 unspecified atom stereocenters. The zero-order chi connectivity index (χ0) is 33.2. The van der Waals surface area contributed by atoms with Gasteiger partial charge in [0.2, 0.25) is 0 Å². The molecule has 12 heteroatoms. The smallest absolute Gasteiger partial charge is 0.289 e. The Hall–Kier alpha value is -4.94. The lowest BCUT2D eigenvalue weighted by Gasteiger charge is -2.19. The normalized spacial score (nSPS) is 12.3. The summed E-state index contributed by atoms with van der Waals surface area (Å²) in [5.41, 5.74) is 1.84. The highest BCUT2D eigenvalue weighted by Gasteiger charge is 2.22. The number of fused-ring (bicyclic) bond motifs is 3. The number of thiophene rings is 1. The van der Waals surface area contributed by atoms with Crippen LogP contribution in [0, 0.1) is 5.82 Å². The van der Waals surface area contributed by atoms with Gasteiger partial charge in [-0.2, -0.15) is 9.78 Å². The molecule has 48 heavy (non-hydrogen) atoms. The van der Waals surface area contributed by atoms with Crippen LogP contribution in [0.4, 0.5) is 21.7 Å². The Kier molecular flexibility index (Phi) is 10.4. The lowest BCUT2D eigenvalue weighted by atomic mass is 9.97. The molecule has 6 rings (SSSR count). The Morgan fingerprint density at radius 3 is 2.75 bits per heavy atom. The van der Waals surface area contributed by atoms with Crippen molar-refractivity contribution in [1.29, 1.82) is 0 Å². The molecule has 5 aromatic rings. The van der Waals surface area contributed by atoms with Crippen LogP contribution in [0.15, 0.2) is 71.0 Å². The van der Waals surface area contributed by atoms with E-state index in [0.29, 0.717) is 52.4 Å². The van der Waals surface area contributed by atoms with E-state index in [2.05, 4.69) is 22.0 Å². The van der Waals surface area contributed by atoms with Crippen LogP contribution in [-0.4, -0.2) is 43.8 Å². The average Bonchev–Trinajstić information content (AvgIpc) is 3.46. The van der Waals surface area contributed by atoms with Crippen molar-refractivity contribution in [2.24, 2.45) is 7.05 Å². The highest BCUT2D eigenvalue weighted by molar-refractivity contribution is 7.19. The monoisotopic (exact) mass is 670 g/mol. The quantitative estimate of drug-likeness (QED) is 0.163. The molecule has 0 saturated carbocycles. The number of aliphatic hydroxyl groups is 1. The number of carbonyl (C=O) groups excluding carboxylic acids is 1. The highest BCUT2D eigenvalue weighted by atomic mass is 32.1. The molecule has 1 aromatic carbocycles. The summed E-state index contributed by atoms with van der Waals surface area (Å²) in [7, 11) is 3.45. The van der Waals surface area contributed by atoms with Crippen LogP contribution in [0.5, 0.6) is 0 Å². The second kappa shape index (κ2) is 14.4. The van der Waals surface area contributed by atoms with Crippen molar-refractivity contribution in [3.63, 3.8) is 0 Å². The van der Waals surface area contributed by atoms with Crippen LogP contribution < -0.4 is 21.3 Å². The number of pyridine rings is 2. The van der Waals surface area contributed by atoms with Gasteiger partial charge in [-0.05, 0) is 73.6 Å². The standard InChI is InChI=1S/C35H35FN6O4S.CH4/c1-4-23(44)9-8-14-40(2)32-13-7-12-31(39-32)38-28-15-21(19-41(3)34(28)45)25-16-22(36)17-29(27(25)20-43)42-35(46)33-26(18-37-42)24-10-5-6-11-30(24)47-33;/h4,7,12-13,15-19,43H,1,5-6,8-11,14,20H2,2-3H3,(H,38,39);1H4.